The molecule has 0 unspecified atom stereocenters. The summed E-state index contributed by atoms with van der Waals surface area (Å²) < 4.78 is 64.2. The third kappa shape index (κ3) is 5.50. The third-order valence-corrected chi connectivity index (χ3v) is 7.03. The number of hydrogen-bond donors (Lipinski definition) is 0. The van der Waals surface area contributed by atoms with Gasteiger partial charge in [-0.2, -0.15) is 17.5 Å². The van der Waals surface area contributed by atoms with Gasteiger partial charge in [-0.25, -0.2) is 8.42 Å². The van der Waals surface area contributed by atoms with Gasteiger partial charge in [0.1, 0.15) is 0 Å². The average Bonchev–Trinajstić information content (AvgIpc) is 2.71. The molecule has 6 nitrogen and oxygen atoms in total. The molecule has 2 aromatic rings. The molecule has 0 spiro atoms. The predicted molar refractivity (Wildman–Crippen MR) is 107 cm³/mol. The molecule has 1 aliphatic rings. The van der Waals surface area contributed by atoms with Crippen LogP contribution in [0.1, 0.15) is 6.42 Å². The number of halogens is 3. The Morgan fingerprint density at radius 3 is 2.30 bits per heavy atom. The van der Waals surface area contributed by atoms with Crippen LogP contribution in [-0.2, 0) is 14.8 Å². The van der Waals surface area contributed by atoms with Crippen molar-refractivity contribution in [2.45, 2.75) is 17.5 Å². The van der Waals surface area contributed by atoms with Crippen LogP contribution >= 0.6 is 0 Å². The van der Waals surface area contributed by atoms with Gasteiger partial charge in [-0.05, 0) is 30.0 Å². The summed E-state index contributed by atoms with van der Waals surface area (Å²) in [7, 11) is -2.23. The molecule has 30 heavy (non-hydrogen) atoms. The van der Waals surface area contributed by atoms with Crippen molar-refractivity contribution in [3.05, 3.63) is 42.5 Å². The van der Waals surface area contributed by atoms with Crippen molar-refractivity contribution in [2.24, 2.45) is 0 Å². The Bertz CT molecular complexity index is 1000. The van der Waals surface area contributed by atoms with E-state index < -0.39 is 22.6 Å². The first-order valence-corrected chi connectivity index (χ1v) is 11.0. The molecule has 0 aliphatic carbocycles. The highest BCUT2D eigenvalue weighted by Crippen LogP contribution is 2.23. The standard InChI is InChI=1S/C20H24F3N3O3S/c1-24(9-8-20(21,22)23)15-19(27)25-10-12-26(13-11-25)30(28,29)18-7-6-16-4-2-3-5-17(16)14-18/h2-7,14H,8-13,15H2,1H3. The first-order chi connectivity index (χ1) is 14.1. The van der Waals surface area contributed by atoms with E-state index in [-0.39, 0.29) is 50.1 Å². The molecule has 164 valence electrons. The second-order valence-electron chi connectivity index (χ2n) is 7.40. The van der Waals surface area contributed by atoms with Crippen molar-refractivity contribution in [1.29, 1.82) is 0 Å². The predicted octanol–water partition coefficient (Wildman–Crippen LogP) is 2.56. The van der Waals surface area contributed by atoms with Crippen LogP contribution in [0.25, 0.3) is 10.8 Å². The molecule has 0 N–H and O–H groups in total. The molecule has 0 radical (unpaired) electrons. The van der Waals surface area contributed by atoms with E-state index in [0.29, 0.717) is 0 Å². The average molecular weight is 443 g/mol. The number of alkyl halides is 3. The van der Waals surface area contributed by atoms with Crippen molar-refractivity contribution < 1.29 is 26.4 Å². The molecule has 1 saturated heterocycles. The maximum Gasteiger partial charge on any atom is 0.390 e. The molecule has 1 aliphatic heterocycles. The van der Waals surface area contributed by atoms with E-state index in [4.69, 9.17) is 0 Å². The summed E-state index contributed by atoms with van der Waals surface area (Å²) in [6.07, 6.45) is -5.24. The van der Waals surface area contributed by atoms with Crippen LogP contribution in [0.2, 0.25) is 0 Å². The smallest absolute Gasteiger partial charge is 0.339 e. The van der Waals surface area contributed by atoms with Crippen LogP contribution in [-0.4, -0.2) is 80.9 Å². The Morgan fingerprint density at radius 1 is 1.03 bits per heavy atom. The van der Waals surface area contributed by atoms with E-state index in [2.05, 4.69) is 0 Å². The molecule has 0 atom stereocenters. The van der Waals surface area contributed by atoms with Crippen molar-refractivity contribution in [1.82, 2.24) is 14.1 Å². The highest BCUT2D eigenvalue weighted by Gasteiger charge is 2.31. The van der Waals surface area contributed by atoms with Gasteiger partial charge >= 0.3 is 6.18 Å². The van der Waals surface area contributed by atoms with Crippen molar-refractivity contribution in [3.63, 3.8) is 0 Å². The van der Waals surface area contributed by atoms with Crippen molar-refractivity contribution >= 4 is 26.7 Å². The van der Waals surface area contributed by atoms with E-state index in [9.17, 15) is 26.4 Å². The normalized spacial score (nSPS) is 16.4. The number of benzene rings is 2. The zero-order chi connectivity index (χ0) is 21.9. The fourth-order valence-corrected chi connectivity index (χ4v) is 4.84. The molecule has 10 heteroatoms. The molecule has 1 fully saturated rings. The summed E-state index contributed by atoms with van der Waals surface area (Å²) >= 11 is 0. The number of fused-ring (bicyclic) bond motifs is 1. The quantitative estimate of drug-likeness (QED) is 0.689. The number of piperazine rings is 1. The number of amides is 1. The second kappa shape index (κ2) is 8.91. The lowest BCUT2D eigenvalue weighted by Gasteiger charge is -2.34. The van der Waals surface area contributed by atoms with Gasteiger partial charge in [0, 0.05) is 32.7 Å². The minimum absolute atomic E-state index is 0.131. The zero-order valence-corrected chi connectivity index (χ0v) is 17.4. The van der Waals surface area contributed by atoms with Crippen LogP contribution in [0.5, 0.6) is 0 Å². The monoisotopic (exact) mass is 443 g/mol. The highest BCUT2D eigenvalue weighted by atomic mass is 32.2. The molecular weight excluding hydrogens is 419 g/mol. The number of nitrogens with zero attached hydrogens (tertiary/aromatic N) is 3. The number of rotatable bonds is 6. The first kappa shape index (κ1) is 22.5. The van der Waals surface area contributed by atoms with Crippen molar-refractivity contribution in [2.75, 3.05) is 46.3 Å². The third-order valence-electron chi connectivity index (χ3n) is 5.13. The highest BCUT2D eigenvalue weighted by molar-refractivity contribution is 7.89. The Balaban J connectivity index is 1.58. The van der Waals surface area contributed by atoms with Gasteiger partial charge in [-0.1, -0.05) is 30.3 Å². The zero-order valence-electron chi connectivity index (χ0n) is 16.6. The van der Waals surface area contributed by atoms with Crippen molar-refractivity contribution in [3.8, 4) is 0 Å². The number of sulfonamides is 1. The maximum absolute atomic E-state index is 13.0. The second-order valence-corrected chi connectivity index (χ2v) is 9.33. The molecule has 0 aromatic heterocycles. The first-order valence-electron chi connectivity index (χ1n) is 9.58. The number of carbonyl (C=O) groups excluding carboxylic acids is 1. The Hall–Kier alpha value is -2.17. The molecule has 1 amide bonds. The van der Waals surface area contributed by atoms with Gasteiger partial charge in [-0.3, -0.25) is 9.69 Å². The van der Waals surface area contributed by atoms with Gasteiger partial charge in [0.2, 0.25) is 15.9 Å². The minimum Gasteiger partial charge on any atom is -0.339 e. The lowest BCUT2D eigenvalue weighted by atomic mass is 10.1. The summed E-state index contributed by atoms with van der Waals surface area (Å²) in [5.74, 6) is -0.303. The fraction of sp³-hybridized carbons (Fsp3) is 0.450. The van der Waals surface area contributed by atoms with Gasteiger partial charge in [0.15, 0.2) is 0 Å². The molecule has 3 rings (SSSR count). The maximum atomic E-state index is 13.0. The fourth-order valence-electron chi connectivity index (χ4n) is 3.38. The van der Waals surface area contributed by atoms with Crippen LogP contribution < -0.4 is 0 Å². The summed E-state index contributed by atoms with van der Waals surface area (Å²) in [6, 6.07) is 12.5. The number of likely N-dealkylation sites (N-methyl/N-ethyl adjacent to an activating group) is 1. The summed E-state index contributed by atoms with van der Waals surface area (Å²) in [5, 5.41) is 1.77. The molecule has 0 bridgehead atoms. The van der Waals surface area contributed by atoms with E-state index >= 15 is 0 Å². The molecule has 2 aromatic carbocycles. The Kier molecular flexibility index (Phi) is 6.68. The Morgan fingerprint density at radius 2 is 1.67 bits per heavy atom. The summed E-state index contributed by atoms with van der Waals surface area (Å²) in [6.45, 7) is 0.316. The largest absolute Gasteiger partial charge is 0.390 e. The minimum atomic E-state index is -4.26. The summed E-state index contributed by atoms with van der Waals surface area (Å²) in [4.78, 5) is 15.4. The van der Waals surface area contributed by atoms with Crippen LogP contribution in [0.15, 0.2) is 47.4 Å². The van der Waals surface area contributed by atoms with E-state index in [1.165, 1.54) is 21.2 Å². The van der Waals surface area contributed by atoms with Crippen LogP contribution in [0.3, 0.4) is 0 Å². The van der Waals surface area contributed by atoms with E-state index in [1.807, 2.05) is 24.3 Å². The molecular formula is C20H24F3N3O3S. The topological polar surface area (TPSA) is 60.9 Å². The molecule has 0 saturated carbocycles. The Labute approximate surface area is 173 Å². The number of carbonyl (C=O) groups is 1. The van der Waals surface area contributed by atoms with Gasteiger partial charge in [-0.15, -0.1) is 0 Å². The van der Waals surface area contributed by atoms with Crippen LogP contribution in [0.4, 0.5) is 13.2 Å². The number of hydrogen-bond acceptors (Lipinski definition) is 4. The van der Waals surface area contributed by atoms with Gasteiger partial charge in [0.05, 0.1) is 17.9 Å². The van der Waals surface area contributed by atoms with Gasteiger partial charge in [0.25, 0.3) is 0 Å². The summed E-state index contributed by atoms with van der Waals surface area (Å²) in [5.41, 5.74) is 0. The van der Waals surface area contributed by atoms with Crippen LogP contribution in [0, 0.1) is 0 Å². The van der Waals surface area contributed by atoms with E-state index in [1.54, 1.807) is 18.2 Å². The lowest BCUT2D eigenvalue weighted by Crippen LogP contribution is -2.52. The SMILES string of the molecule is CN(CCC(F)(F)F)CC(=O)N1CCN(S(=O)(=O)c2ccc3ccccc3c2)CC1. The molecule has 1 heterocycles. The van der Waals surface area contributed by atoms with Gasteiger partial charge < -0.3 is 4.90 Å². The van der Waals surface area contributed by atoms with E-state index in [0.717, 1.165) is 10.8 Å². The lowest BCUT2D eigenvalue weighted by molar-refractivity contribution is -0.141.